The Morgan fingerprint density at radius 1 is 1.22 bits per heavy atom. The number of thiophene rings is 2. The maximum atomic E-state index is 12.6. The van der Waals surface area contributed by atoms with Gasteiger partial charge in [0.05, 0.1) is 11.4 Å². The summed E-state index contributed by atoms with van der Waals surface area (Å²) in [5.74, 6) is 0. The van der Waals surface area contributed by atoms with E-state index in [9.17, 15) is 4.79 Å². The monoisotopic (exact) mass is 394 g/mol. The standard InChI is InChI=1S/C21H19N3OS2/c1-14-4-2-8-24-19(25)12-15(22-21(14)24)13-23-9-6-17-16(7-11-27-17)20(23)18-5-3-10-26-18/h2-5,7-8,10-12,20H,6,9,13H2,1H3/p+1/t20-/m0/s1. The summed E-state index contributed by atoms with van der Waals surface area (Å²) in [6, 6.07) is 12.6. The lowest BCUT2D eigenvalue weighted by Gasteiger charge is -2.32. The van der Waals surface area contributed by atoms with E-state index in [1.165, 1.54) is 20.2 Å². The highest BCUT2D eigenvalue weighted by Crippen LogP contribution is 2.31. The smallest absolute Gasteiger partial charge is 0.258 e. The molecule has 1 unspecified atom stereocenters. The second-order valence-electron chi connectivity index (χ2n) is 7.05. The molecule has 0 saturated heterocycles. The highest BCUT2D eigenvalue weighted by Gasteiger charge is 2.34. The molecular formula is C21H20N3OS2+. The predicted octanol–water partition coefficient (Wildman–Crippen LogP) is 2.86. The van der Waals surface area contributed by atoms with Crippen molar-refractivity contribution < 1.29 is 4.90 Å². The van der Waals surface area contributed by atoms with Gasteiger partial charge >= 0.3 is 0 Å². The minimum absolute atomic E-state index is 0.000921. The normalized spacial score (nSPS) is 19.3. The zero-order chi connectivity index (χ0) is 18.4. The molecule has 0 saturated carbocycles. The Kier molecular flexibility index (Phi) is 4.19. The average molecular weight is 395 g/mol. The second-order valence-corrected chi connectivity index (χ2v) is 9.03. The number of aromatic nitrogens is 2. The predicted molar refractivity (Wildman–Crippen MR) is 110 cm³/mol. The topological polar surface area (TPSA) is 38.8 Å². The van der Waals surface area contributed by atoms with E-state index in [0.29, 0.717) is 6.04 Å². The van der Waals surface area contributed by atoms with Crippen molar-refractivity contribution in [2.45, 2.75) is 25.9 Å². The van der Waals surface area contributed by atoms with E-state index < -0.39 is 0 Å². The Morgan fingerprint density at radius 3 is 3.00 bits per heavy atom. The molecule has 0 fully saturated rings. The lowest BCUT2D eigenvalue weighted by Crippen LogP contribution is -3.12. The highest BCUT2D eigenvalue weighted by molar-refractivity contribution is 7.10. The number of fused-ring (bicyclic) bond motifs is 2. The van der Waals surface area contributed by atoms with Gasteiger partial charge in [-0.15, -0.1) is 22.7 Å². The molecule has 0 spiro atoms. The van der Waals surface area contributed by atoms with Crippen LogP contribution in [0.1, 0.15) is 32.6 Å². The summed E-state index contributed by atoms with van der Waals surface area (Å²) in [6.07, 6.45) is 2.89. The van der Waals surface area contributed by atoms with Crippen LogP contribution in [0.15, 0.2) is 58.1 Å². The quantitative estimate of drug-likeness (QED) is 0.580. The number of rotatable bonds is 3. The van der Waals surface area contributed by atoms with Gasteiger partial charge in [-0.1, -0.05) is 12.1 Å². The zero-order valence-electron chi connectivity index (χ0n) is 15.0. The molecule has 5 rings (SSSR count). The number of nitrogens with zero attached hydrogens (tertiary/aromatic N) is 2. The molecule has 0 amide bonds. The van der Waals surface area contributed by atoms with Crippen molar-refractivity contribution in [1.82, 2.24) is 9.38 Å². The molecule has 27 heavy (non-hydrogen) atoms. The van der Waals surface area contributed by atoms with Crippen LogP contribution in [0.5, 0.6) is 0 Å². The highest BCUT2D eigenvalue weighted by atomic mass is 32.1. The Hall–Kier alpha value is -2.28. The minimum Gasteiger partial charge on any atom is -0.319 e. The molecule has 0 bridgehead atoms. The Bertz CT molecular complexity index is 1160. The molecule has 4 aromatic heterocycles. The molecule has 5 heterocycles. The summed E-state index contributed by atoms with van der Waals surface area (Å²) in [4.78, 5) is 21.8. The molecule has 6 heteroatoms. The number of quaternary nitrogens is 1. The third-order valence-corrected chi connectivity index (χ3v) is 7.28. The Labute approximate surface area is 165 Å². The lowest BCUT2D eigenvalue weighted by molar-refractivity contribution is -0.941. The van der Waals surface area contributed by atoms with Gasteiger partial charge in [-0.05, 0) is 41.4 Å². The average Bonchev–Trinajstić information content (AvgIpc) is 3.34. The molecule has 4 aromatic rings. The maximum absolute atomic E-state index is 12.6. The van der Waals surface area contributed by atoms with Crippen LogP contribution in [0, 0.1) is 6.92 Å². The van der Waals surface area contributed by atoms with E-state index in [1.54, 1.807) is 16.7 Å². The van der Waals surface area contributed by atoms with Gasteiger partial charge in [-0.2, -0.15) is 0 Å². The molecule has 0 aliphatic carbocycles. The van der Waals surface area contributed by atoms with Crippen molar-refractivity contribution in [2.24, 2.45) is 0 Å². The molecule has 0 aromatic carbocycles. The molecule has 4 nitrogen and oxygen atoms in total. The summed E-state index contributed by atoms with van der Waals surface area (Å²) in [5.41, 5.74) is 4.11. The number of pyridine rings is 1. The van der Waals surface area contributed by atoms with Gasteiger partial charge in [0.15, 0.2) is 0 Å². The fourth-order valence-electron chi connectivity index (χ4n) is 4.08. The minimum atomic E-state index is -0.000921. The molecule has 136 valence electrons. The number of hydrogen-bond donors (Lipinski definition) is 1. The van der Waals surface area contributed by atoms with Crippen molar-refractivity contribution in [3.8, 4) is 0 Å². The van der Waals surface area contributed by atoms with Crippen molar-refractivity contribution in [1.29, 1.82) is 0 Å². The van der Waals surface area contributed by atoms with Crippen molar-refractivity contribution in [3.05, 3.63) is 90.3 Å². The fraction of sp³-hybridized carbons (Fsp3) is 0.238. The fourth-order valence-corrected chi connectivity index (χ4v) is 5.90. The van der Waals surface area contributed by atoms with Crippen LogP contribution in [-0.4, -0.2) is 15.9 Å². The summed E-state index contributed by atoms with van der Waals surface area (Å²) >= 11 is 3.68. The molecule has 1 N–H and O–H groups in total. The van der Waals surface area contributed by atoms with Crippen molar-refractivity contribution in [3.63, 3.8) is 0 Å². The number of nitrogens with one attached hydrogen (secondary N) is 1. The van der Waals surface area contributed by atoms with Gasteiger partial charge < -0.3 is 4.90 Å². The third-order valence-electron chi connectivity index (χ3n) is 5.35. The Morgan fingerprint density at radius 2 is 2.15 bits per heavy atom. The van der Waals surface area contributed by atoms with Crippen molar-refractivity contribution in [2.75, 3.05) is 6.54 Å². The van der Waals surface area contributed by atoms with Gasteiger partial charge in [-0.25, -0.2) is 4.98 Å². The van der Waals surface area contributed by atoms with Gasteiger partial charge in [0.1, 0.15) is 23.9 Å². The summed E-state index contributed by atoms with van der Waals surface area (Å²) < 4.78 is 1.64. The summed E-state index contributed by atoms with van der Waals surface area (Å²) in [7, 11) is 0. The van der Waals surface area contributed by atoms with Crippen LogP contribution in [0.2, 0.25) is 0 Å². The van der Waals surface area contributed by atoms with Gasteiger partial charge in [0, 0.05) is 29.1 Å². The summed E-state index contributed by atoms with van der Waals surface area (Å²) in [6.45, 7) is 3.83. The van der Waals surface area contributed by atoms with Crippen LogP contribution >= 0.6 is 22.7 Å². The van der Waals surface area contributed by atoms with Crippen LogP contribution in [0.25, 0.3) is 5.65 Å². The van der Waals surface area contributed by atoms with E-state index in [1.807, 2.05) is 41.7 Å². The van der Waals surface area contributed by atoms with Gasteiger partial charge in [0.25, 0.3) is 5.56 Å². The second kappa shape index (κ2) is 6.71. The van der Waals surface area contributed by atoms with Gasteiger partial charge in [0.2, 0.25) is 0 Å². The maximum Gasteiger partial charge on any atom is 0.258 e. The van der Waals surface area contributed by atoms with E-state index in [2.05, 4.69) is 29.0 Å². The molecule has 2 atom stereocenters. The van der Waals surface area contributed by atoms with E-state index in [0.717, 1.165) is 36.4 Å². The van der Waals surface area contributed by atoms with E-state index >= 15 is 0 Å². The summed E-state index contributed by atoms with van der Waals surface area (Å²) in [5, 5.41) is 4.36. The zero-order valence-corrected chi connectivity index (χ0v) is 16.6. The lowest BCUT2D eigenvalue weighted by atomic mass is 9.98. The molecule has 0 radical (unpaired) electrons. The van der Waals surface area contributed by atoms with Crippen LogP contribution < -0.4 is 10.5 Å². The first-order chi connectivity index (χ1) is 13.2. The first-order valence-corrected chi connectivity index (χ1v) is 10.9. The van der Waals surface area contributed by atoms with E-state index in [-0.39, 0.29) is 5.56 Å². The van der Waals surface area contributed by atoms with E-state index in [4.69, 9.17) is 4.98 Å². The SMILES string of the molecule is Cc1cccn2c(=O)cc(C[NH+]3CCc4sccc4[C@H]3c3cccs3)nc12. The van der Waals surface area contributed by atoms with Gasteiger partial charge in [-0.3, -0.25) is 9.20 Å². The number of aryl methyl sites for hydroxylation is 1. The van der Waals surface area contributed by atoms with Crippen molar-refractivity contribution >= 4 is 28.3 Å². The molecule has 1 aliphatic heterocycles. The third kappa shape index (κ3) is 2.94. The molecule has 1 aliphatic rings. The first-order valence-electron chi connectivity index (χ1n) is 9.13. The Balaban J connectivity index is 1.56. The van der Waals surface area contributed by atoms with Crippen LogP contribution in [0.4, 0.5) is 0 Å². The van der Waals surface area contributed by atoms with Crippen LogP contribution in [-0.2, 0) is 13.0 Å². The first kappa shape index (κ1) is 16.9. The molecular weight excluding hydrogens is 374 g/mol. The largest absolute Gasteiger partial charge is 0.319 e. The number of hydrogen-bond acceptors (Lipinski definition) is 4. The van der Waals surface area contributed by atoms with Crippen LogP contribution in [0.3, 0.4) is 0 Å².